The number of benzene rings is 2. The van der Waals surface area contributed by atoms with Crippen molar-refractivity contribution in [1.29, 1.82) is 0 Å². The zero-order valence-electron chi connectivity index (χ0n) is 16.4. The lowest BCUT2D eigenvalue weighted by Crippen LogP contribution is -2.47. The summed E-state index contributed by atoms with van der Waals surface area (Å²) in [4.78, 5) is 24.6. The predicted octanol–water partition coefficient (Wildman–Crippen LogP) is 3.20. The lowest BCUT2D eigenvalue weighted by Gasteiger charge is -2.18. The quantitative estimate of drug-likeness (QED) is 0.719. The third-order valence-electron chi connectivity index (χ3n) is 4.00. The molecule has 150 valence electrons. The molecule has 2 amide bonds. The standard InChI is InChI=1S/C20H23ClN2O5/c1-11-6-15(21)7-12(2)18(11)28-13(3)19(24)22-23-20(25)14-8-16(26-4)10-17(9-14)27-5/h6-10,13H,1-5H3,(H,22,24)(H,23,25)/t13-/m0/s1. The van der Waals surface area contributed by atoms with Crippen molar-refractivity contribution in [3.05, 3.63) is 52.0 Å². The maximum atomic E-state index is 12.3. The maximum Gasteiger partial charge on any atom is 0.279 e. The van der Waals surface area contributed by atoms with Gasteiger partial charge in [0.25, 0.3) is 11.8 Å². The van der Waals surface area contributed by atoms with E-state index in [-0.39, 0.29) is 5.56 Å². The molecule has 0 saturated heterocycles. The molecule has 0 aromatic heterocycles. The molecule has 0 aliphatic carbocycles. The number of halogens is 1. The molecule has 0 fully saturated rings. The molecule has 2 N–H and O–H groups in total. The molecule has 0 unspecified atom stereocenters. The van der Waals surface area contributed by atoms with Gasteiger partial charge in [0.05, 0.1) is 14.2 Å². The van der Waals surface area contributed by atoms with Gasteiger partial charge in [-0.3, -0.25) is 20.4 Å². The molecule has 0 aliphatic heterocycles. The summed E-state index contributed by atoms with van der Waals surface area (Å²) in [5.41, 5.74) is 6.62. The molecule has 0 radical (unpaired) electrons. The molecule has 0 spiro atoms. The first-order valence-electron chi connectivity index (χ1n) is 8.51. The van der Waals surface area contributed by atoms with Gasteiger partial charge < -0.3 is 14.2 Å². The van der Waals surface area contributed by atoms with E-state index in [2.05, 4.69) is 10.9 Å². The fraction of sp³-hybridized carbons (Fsp3) is 0.300. The van der Waals surface area contributed by atoms with E-state index in [9.17, 15) is 9.59 Å². The summed E-state index contributed by atoms with van der Waals surface area (Å²) in [7, 11) is 2.97. The van der Waals surface area contributed by atoms with Crippen LogP contribution in [0.15, 0.2) is 30.3 Å². The van der Waals surface area contributed by atoms with E-state index < -0.39 is 17.9 Å². The highest BCUT2D eigenvalue weighted by atomic mass is 35.5. The van der Waals surface area contributed by atoms with E-state index in [1.165, 1.54) is 26.4 Å². The van der Waals surface area contributed by atoms with Crippen molar-refractivity contribution in [1.82, 2.24) is 10.9 Å². The average molecular weight is 407 g/mol. The van der Waals surface area contributed by atoms with Crippen molar-refractivity contribution in [2.45, 2.75) is 26.9 Å². The number of carbonyl (C=O) groups is 2. The lowest BCUT2D eigenvalue weighted by atomic mass is 10.1. The van der Waals surface area contributed by atoms with E-state index >= 15 is 0 Å². The number of rotatable bonds is 6. The molecule has 8 heteroatoms. The third kappa shape index (κ3) is 5.29. The summed E-state index contributed by atoms with van der Waals surface area (Å²) in [6.07, 6.45) is -0.835. The first-order chi connectivity index (χ1) is 13.2. The Morgan fingerprint density at radius 2 is 1.46 bits per heavy atom. The van der Waals surface area contributed by atoms with Crippen molar-refractivity contribution in [3.63, 3.8) is 0 Å². The summed E-state index contributed by atoms with van der Waals surface area (Å²) in [5, 5.41) is 0.598. The van der Waals surface area contributed by atoms with Crippen LogP contribution in [0.4, 0.5) is 0 Å². The minimum Gasteiger partial charge on any atom is -0.497 e. The van der Waals surface area contributed by atoms with Crippen LogP contribution in [-0.2, 0) is 4.79 Å². The van der Waals surface area contributed by atoms with E-state index in [1.54, 1.807) is 25.1 Å². The van der Waals surface area contributed by atoms with Crippen molar-refractivity contribution < 1.29 is 23.8 Å². The molecule has 0 saturated carbocycles. The first-order valence-corrected chi connectivity index (χ1v) is 8.89. The third-order valence-corrected chi connectivity index (χ3v) is 4.22. The van der Waals surface area contributed by atoms with Crippen LogP contribution in [0.5, 0.6) is 17.2 Å². The monoisotopic (exact) mass is 406 g/mol. The highest BCUT2D eigenvalue weighted by Crippen LogP contribution is 2.28. The summed E-state index contributed by atoms with van der Waals surface area (Å²) in [6.45, 7) is 5.27. The highest BCUT2D eigenvalue weighted by molar-refractivity contribution is 6.30. The second kappa shape index (κ2) is 9.32. The number of ether oxygens (including phenoxy) is 3. The van der Waals surface area contributed by atoms with Crippen molar-refractivity contribution in [3.8, 4) is 17.2 Å². The number of carbonyl (C=O) groups excluding carboxylic acids is 2. The molecule has 2 rings (SSSR count). The summed E-state index contributed by atoms with van der Waals surface area (Å²) < 4.78 is 16.0. The van der Waals surface area contributed by atoms with Crippen LogP contribution < -0.4 is 25.1 Å². The Labute approximate surface area is 168 Å². The molecule has 0 heterocycles. The van der Waals surface area contributed by atoms with Crippen LogP contribution in [0.25, 0.3) is 0 Å². The molecular weight excluding hydrogens is 384 g/mol. The Morgan fingerprint density at radius 1 is 0.929 bits per heavy atom. The molecule has 28 heavy (non-hydrogen) atoms. The minimum absolute atomic E-state index is 0.273. The lowest BCUT2D eigenvalue weighted by molar-refractivity contribution is -0.128. The Hall–Kier alpha value is -2.93. The first kappa shape index (κ1) is 21.4. The van der Waals surface area contributed by atoms with Crippen LogP contribution in [-0.4, -0.2) is 32.1 Å². The zero-order chi connectivity index (χ0) is 20.8. The van der Waals surface area contributed by atoms with Crippen molar-refractivity contribution in [2.75, 3.05) is 14.2 Å². The average Bonchev–Trinajstić information content (AvgIpc) is 2.67. The van der Waals surface area contributed by atoms with Gasteiger partial charge >= 0.3 is 0 Å². The zero-order valence-corrected chi connectivity index (χ0v) is 17.1. The highest BCUT2D eigenvalue weighted by Gasteiger charge is 2.18. The maximum absolute atomic E-state index is 12.3. The van der Waals surface area contributed by atoms with Gasteiger partial charge in [-0.2, -0.15) is 0 Å². The smallest absolute Gasteiger partial charge is 0.279 e. The summed E-state index contributed by atoms with van der Waals surface area (Å²) >= 11 is 6.01. The number of hydrogen-bond acceptors (Lipinski definition) is 5. The number of methoxy groups -OCH3 is 2. The van der Waals surface area contributed by atoms with Gasteiger partial charge in [-0.1, -0.05) is 11.6 Å². The molecule has 1 atom stereocenters. The van der Waals surface area contributed by atoms with Crippen LogP contribution in [0, 0.1) is 13.8 Å². The minimum atomic E-state index is -0.835. The molecule has 2 aromatic rings. The number of hydrazine groups is 1. The van der Waals surface area contributed by atoms with E-state index in [1.807, 2.05) is 13.8 Å². The number of hydrogen-bond donors (Lipinski definition) is 2. The fourth-order valence-electron chi connectivity index (χ4n) is 2.54. The van der Waals surface area contributed by atoms with Crippen molar-refractivity contribution in [2.24, 2.45) is 0 Å². The number of nitrogens with one attached hydrogen (secondary N) is 2. The Balaban J connectivity index is 2.01. The Bertz CT molecular complexity index is 840. The van der Waals surface area contributed by atoms with Gasteiger partial charge in [0, 0.05) is 16.7 Å². The number of aryl methyl sites for hydroxylation is 2. The number of amides is 2. The van der Waals surface area contributed by atoms with Crippen LogP contribution >= 0.6 is 11.6 Å². The largest absolute Gasteiger partial charge is 0.497 e. The second-order valence-electron chi connectivity index (χ2n) is 6.17. The Morgan fingerprint density at radius 3 is 1.96 bits per heavy atom. The van der Waals surface area contributed by atoms with Crippen LogP contribution in [0.1, 0.15) is 28.4 Å². The van der Waals surface area contributed by atoms with E-state index in [0.717, 1.165) is 11.1 Å². The molecule has 0 aliphatic rings. The van der Waals surface area contributed by atoms with Gasteiger partial charge in [0.15, 0.2) is 6.10 Å². The SMILES string of the molecule is COc1cc(OC)cc(C(=O)NNC(=O)[C@H](C)Oc2c(C)cc(Cl)cc2C)c1. The second-order valence-corrected chi connectivity index (χ2v) is 6.61. The van der Waals surface area contributed by atoms with Gasteiger partial charge in [-0.15, -0.1) is 0 Å². The van der Waals surface area contributed by atoms with Gasteiger partial charge in [-0.25, -0.2) is 0 Å². The predicted molar refractivity (Wildman–Crippen MR) is 106 cm³/mol. The van der Waals surface area contributed by atoms with Crippen LogP contribution in [0.3, 0.4) is 0 Å². The van der Waals surface area contributed by atoms with Crippen LogP contribution in [0.2, 0.25) is 5.02 Å². The van der Waals surface area contributed by atoms with E-state index in [0.29, 0.717) is 22.3 Å². The van der Waals surface area contributed by atoms with Gasteiger partial charge in [0.1, 0.15) is 17.2 Å². The van der Waals surface area contributed by atoms with Gasteiger partial charge in [0.2, 0.25) is 0 Å². The molecular formula is C20H23ClN2O5. The Kier molecular flexibility index (Phi) is 7.12. The normalized spacial score (nSPS) is 11.4. The van der Waals surface area contributed by atoms with Gasteiger partial charge in [-0.05, 0) is 56.2 Å². The summed E-state index contributed by atoms with van der Waals surface area (Å²) in [5.74, 6) is 0.479. The topological polar surface area (TPSA) is 85.9 Å². The van der Waals surface area contributed by atoms with E-state index in [4.69, 9.17) is 25.8 Å². The fourth-order valence-corrected chi connectivity index (χ4v) is 2.87. The molecule has 0 bridgehead atoms. The van der Waals surface area contributed by atoms with Crippen molar-refractivity contribution >= 4 is 23.4 Å². The summed E-state index contributed by atoms with van der Waals surface area (Å²) in [6, 6.07) is 8.22. The molecule has 2 aromatic carbocycles. The molecule has 7 nitrogen and oxygen atoms in total.